The molecule has 1 aromatic carbocycles. The third-order valence-corrected chi connectivity index (χ3v) is 4.31. The van der Waals surface area contributed by atoms with E-state index >= 15 is 0 Å². The first kappa shape index (κ1) is 13.1. The van der Waals surface area contributed by atoms with Crippen molar-refractivity contribution in [3.8, 4) is 0 Å². The monoisotopic (exact) mass is 296 g/mol. The molecule has 4 nitrogen and oxygen atoms in total. The molecule has 3 rings (SSSR count). The van der Waals surface area contributed by atoms with E-state index in [1.54, 1.807) is 0 Å². The molecular formula is C13H17ClN4S. The van der Waals surface area contributed by atoms with Gasteiger partial charge in [-0.05, 0) is 38.9 Å². The SMILES string of the molecule is CC1(C)CN(c2c(Cl)ccc3nsnc23)CCCN1. The third kappa shape index (κ3) is 2.55. The first-order chi connectivity index (χ1) is 9.07. The van der Waals surface area contributed by atoms with Crippen molar-refractivity contribution in [3.63, 3.8) is 0 Å². The molecule has 0 saturated carbocycles. The molecule has 19 heavy (non-hydrogen) atoms. The van der Waals surface area contributed by atoms with E-state index in [0.29, 0.717) is 0 Å². The lowest BCUT2D eigenvalue weighted by Crippen LogP contribution is -2.46. The maximum Gasteiger partial charge on any atom is 0.129 e. The molecular weight excluding hydrogens is 280 g/mol. The lowest BCUT2D eigenvalue weighted by Gasteiger charge is -2.32. The van der Waals surface area contributed by atoms with Crippen LogP contribution in [0.25, 0.3) is 11.0 Å². The van der Waals surface area contributed by atoms with Gasteiger partial charge in [-0.1, -0.05) is 11.6 Å². The molecule has 2 aromatic rings. The number of aromatic nitrogens is 2. The molecule has 1 aliphatic rings. The van der Waals surface area contributed by atoms with E-state index in [0.717, 1.165) is 47.8 Å². The van der Waals surface area contributed by atoms with Crippen molar-refractivity contribution in [1.82, 2.24) is 14.1 Å². The van der Waals surface area contributed by atoms with E-state index in [9.17, 15) is 0 Å². The van der Waals surface area contributed by atoms with Crippen LogP contribution in [-0.4, -0.2) is 33.9 Å². The standard InChI is InChI=1S/C13H17ClN4S/c1-13(2)8-18(7-3-6-15-13)12-9(14)4-5-10-11(12)17-19-16-10/h4-5,15H,3,6-8H2,1-2H3. The maximum absolute atomic E-state index is 6.41. The summed E-state index contributed by atoms with van der Waals surface area (Å²) < 4.78 is 8.72. The fourth-order valence-electron chi connectivity index (χ4n) is 2.61. The minimum atomic E-state index is 0.0748. The summed E-state index contributed by atoms with van der Waals surface area (Å²) in [5.41, 5.74) is 2.96. The van der Waals surface area contributed by atoms with Gasteiger partial charge in [0.05, 0.1) is 22.4 Å². The molecule has 1 aromatic heterocycles. The van der Waals surface area contributed by atoms with Gasteiger partial charge in [0.1, 0.15) is 11.0 Å². The molecule has 2 heterocycles. The molecule has 102 valence electrons. The molecule has 0 aliphatic carbocycles. The van der Waals surface area contributed by atoms with Gasteiger partial charge in [-0.15, -0.1) is 0 Å². The van der Waals surface area contributed by atoms with Gasteiger partial charge in [0, 0.05) is 18.6 Å². The van der Waals surface area contributed by atoms with E-state index in [1.165, 1.54) is 11.7 Å². The van der Waals surface area contributed by atoms with E-state index in [4.69, 9.17) is 11.6 Å². The van der Waals surface area contributed by atoms with Crippen molar-refractivity contribution in [2.75, 3.05) is 24.5 Å². The van der Waals surface area contributed by atoms with Gasteiger partial charge in [0.2, 0.25) is 0 Å². The van der Waals surface area contributed by atoms with Crippen LogP contribution in [0.15, 0.2) is 12.1 Å². The smallest absolute Gasteiger partial charge is 0.129 e. The molecule has 1 fully saturated rings. The Morgan fingerprint density at radius 1 is 1.37 bits per heavy atom. The normalized spacial score (nSPS) is 19.6. The van der Waals surface area contributed by atoms with Crippen LogP contribution in [0, 0.1) is 0 Å². The largest absolute Gasteiger partial charge is 0.367 e. The molecule has 0 unspecified atom stereocenters. The summed E-state index contributed by atoms with van der Waals surface area (Å²) >= 11 is 7.66. The second kappa shape index (κ2) is 4.89. The number of rotatable bonds is 1. The van der Waals surface area contributed by atoms with Gasteiger partial charge >= 0.3 is 0 Å². The summed E-state index contributed by atoms with van der Waals surface area (Å²) in [4.78, 5) is 2.34. The number of hydrogen-bond donors (Lipinski definition) is 1. The third-order valence-electron chi connectivity index (χ3n) is 3.46. The van der Waals surface area contributed by atoms with Gasteiger partial charge in [0.25, 0.3) is 0 Å². The predicted octanol–water partition coefficient (Wildman–Crippen LogP) is 2.92. The van der Waals surface area contributed by atoms with Crippen molar-refractivity contribution in [1.29, 1.82) is 0 Å². The Balaban J connectivity index is 2.07. The summed E-state index contributed by atoms with van der Waals surface area (Å²) in [5, 5.41) is 4.33. The van der Waals surface area contributed by atoms with Crippen molar-refractivity contribution in [3.05, 3.63) is 17.2 Å². The zero-order valence-electron chi connectivity index (χ0n) is 11.1. The Labute approximate surface area is 122 Å². The highest BCUT2D eigenvalue weighted by molar-refractivity contribution is 7.00. The van der Waals surface area contributed by atoms with Crippen molar-refractivity contribution >= 4 is 40.0 Å². The number of halogens is 1. The molecule has 1 N–H and O–H groups in total. The number of nitrogens with one attached hydrogen (secondary N) is 1. The van der Waals surface area contributed by atoms with Crippen LogP contribution in [0.5, 0.6) is 0 Å². The number of fused-ring (bicyclic) bond motifs is 1. The topological polar surface area (TPSA) is 41.1 Å². The highest BCUT2D eigenvalue weighted by atomic mass is 35.5. The summed E-state index contributed by atoms with van der Waals surface area (Å²) in [6, 6.07) is 3.86. The van der Waals surface area contributed by atoms with Crippen molar-refractivity contribution in [2.45, 2.75) is 25.8 Å². The first-order valence-corrected chi connectivity index (χ1v) is 7.58. The molecule has 1 aliphatic heterocycles. The Hall–Kier alpha value is -0.910. The van der Waals surface area contributed by atoms with E-state index < -0.39 is 0 Å². The Kier molecular flexibility index (Phi) is 3.37. The van der Waals surface area contributed by atoms with Crippen LogP contribution in [0.2, 0.25) is 5.02 Å². The van der Waals surface area contributed by atoms with Crippen molar-refractivity contribution < 1.29 is 0 Å². The van der Waals surface area contributed by atoms with Gasteiger partial charge < -0.3 is 10.2 Å². The van der Waals surface area contributed by atoms with Crippen LogP contribution < -0.4 is 10.2 Å². The fourth-order valence-corrected chi connectivity index (χ4v) is 3.42. The highest BCUT2D eigenvalue weighted by Crippen LogP contribution is 2.34. The summed E-state index contributed by atoms with van der Waals surface area (Å²) in [5.74, 6) is 0. The average molecular weight is 297 g/mol. The van der Waals surface area contributed by atoms with Gasteiger partial charge in [0.15, 0.2) is 0 Å². The second-order valence-corrected chi connectivity index (χ2v) is 6.55. The van der Waals surface area contributed by atoms with Crippen molar-refractivity contribution in [2.24, 2.45) is 0 Å². The number of anilines is 1. The van der Waals surface area contributed by atoms with E-state index in [2.05, 4.69) is 32.8 Å². The van der Waals surface area contributed by atoms with Crippen LogP contribution in [0.1, 0.15) is 20.3 Å². The average Bonchev–Trinajstić information content (AvgIpc) is 2.74. The summed E-state index contributed by atoms with van der Waals surface area (Å²) in [7, 11) is 0. The Bertz CT molecular complexity index is 595. The predicted molar refractivity (Wildman–Crippen MR) is 81.3 cm³/mol. The number of benzene rings is 1. The lowest BCUT2D eigenvalue weighted by molar-refractivity contribution is 0.416. The quantitative estimate of drug-likeness (QED) is 0.878. The molecule has 6 heteroatoms. The minimum Gasteiger partial charge on any atom is -0.367 e. The summed E-state index contributed by atoms with van der Waals surface area (Å²) in [6.07, 6.45) is 1.10. The van der Waals surface area contributed by atoms with Crippen LogP contribution in [0.4, 0.5) is 5.69 Å². The maximum atomic E-state index is 6.41. The molecule has 1 saturated heterocycles. The Morgan fingerprint density at radius 2 is 2.21 bits per heavy atom. The van der Waals surface area contributed by atoms with E-state index in [1.807, 2.05) is 12.1 Å². The highest BCUT2D eigenvalue weighted by Gasteiger charge is 2.27. The zero-order valence-corrected chi connectivity index (χ0v) is 12.7. The van der Waals surface area contributed by atoms with Gasteiger partial charge in [-0.25, -0.2) is 0 Å². The first-order valence-electron chi connectivity index (χ1n) is 6.48. The van der Waals surface area contributed by atoms with Crippen LogP contribution >= 0.6 is 23.3 Å². The fraction of sp³-hybridized carbons (Fsp3) is 0.538. The van der Waals surface area contributed by atoms with Gasteiger partial charge in [-0.2, -0.15) is 8.75 Å². The second-order valence-electron chi connectivity index (χ2n) is 5.61. The molecule has 0 radical (unpaired) electrons. The molecule has 0 bridgehead atoms. The number of nitrogens with zero attached hydrogens (tertiary/aromatic N) is 3. The molecule has 0 amide bonds. The lowest BCUT2D eigenvalue weighted by atomic mass is 10.1. The number of hydrogen-bond acceptors (Lipinski definition) is 5. The van der Waals surface area contributed by atoms with Crippen LogP contribution in [-0.2, 0) is 0 Å². The zero-order chi connectivity index (χ0) is 13.5. The minimum absolute atomic E-state index is 0.0748. The van der Waals surface area contributed by atoms with E-state index in [-0.39, 0.29) is 5.54 Å². The Morgan fingerprint density at radius 3 is 3.05 bits per heavy atom. The van der Waals surface area contributed by atoms with Crippen LogP contribution in [0.3, 0.4) is 0 Å². The molecule has 0 atom stereocenters. The molecule has 0 spiro atoms. The van der Waals surface area contributed by atoms with Gasteiger partial charge in [-0.3, -0.25) is 0 Å². The summed E-state index contributed by atoms with van der Waals surface area (Å²) in [6.45, 7) is 7.39.